The zero-order valence-corrected chi connectivity index (χ0v) is 13.0. The quantitative estimate of drug-likeness (QED) is 0.381. The van der Waals surface area contributed by atoms with Gasteiger partial charge in [0.1, 0.15) is 5.82 Å². The van der Waals surface area contributed by atoms with E-state index in [0.717, 1.165) is 4.90 Å². The molecule has 0 fully saturated rings. The van der Waals surface area contributed by atoms with Crippen molar-refractivity contribution in [2.75, 3.05) is 0 Å². The number of carbonyl (C=O) groups is 1. The van der Waals surface area contributed by atoms with Gasteiger partial charge in [0, 0.05) is 16.2 Å². The molecule has 0 saturated heterocycles. The van der Waals surface area contributed by atoms with Crippen LogP contribution in [0.2, 0.25) is 10.0 Å². The Hall–Kier alpha value is -1.27. The largest absolute Gasteiger partial charge is 0.290 e. The Morgan fingerprint density at radius 3 is 2.62 bits per heavy atom. The van der Waals surface area contributed by atoms with Crippen LogP contribution in [0.15, 0.2) is 41.3 Å². The van der Waals surface area contributed by atoms with Crippen molar-refractivity contribution in [2.45, 2.75) is 10.6 Å². The first-order chi connectivity index (χ1) is 10.0. The van der Waals surface area contributed by atoms with Gasteiger partial charge in [0.25, 0.3) is 5.91 Å². The van der Waals surface area contributed by atoms with Crippen molar-refractivity contribution in [3.63, 3.8) is 0 Å². The minimum absolute atomic E-state index is 0.309. The van der Waals surface area contributed by atoms with E-state index in [1.807, 2.05) is 5.43 Å². The lowest BCUT2D eigenvalue weighted by Crippen LogP contribution is -2.30. The smallest absolute Gasteiger partial charge is 0.265 e. The van der Waals surface area contributed by atoms with Gasteiger partial charge in [0.05, 0.1) is 10.0 Å². The Balaban J connectivity index is 2.15. The van der Waals surface area contributed by atoms with Crippen LogP contribution >= 0.6 is 35.0 Å². The maximum atomic E-state index is 13.8. The van der Waals surface area contributed by atoms with Crippen LogP contribution in [0.1, 0.15) is 15.9 Å². The van der Waals surface area contributed by atoms with Gasteiger partial charge in [-0.2, -0.15) is 0 Å². The number of rotatable bonds is 4. The van der Waals surface area contributed by atoms with E-state index in [1.54, 1.807) is 18.2 Å². The summed E-state index contributed by atoms with van der Waals surface area (Å²) in [5.41, 5.74) is 2.73. The zero-order chi connectivity index (χ0) is 15.4. The van der Waals surface area contributed by atoms with Crippen molar-refractivity contribution in [1.82, 2.24) is 5.43 Å². The van der Waals surface area contributed by atoms with Crippen LogP contribution in [0.25, 0.3) is 0 Å². The normalized spacial score (nSPS) is 10.5. The lowest BCUT2D eigenvalue weighted by Gasteiger charge is -2.07. The van der Waals surface area contributed by atoms with Gasteiger partial charge in [-0.15, -0.1) is 11.8 Å². The van der Waals surface area contributed by atoms with Gasteiger partial charge < -0.3 is 0 Å². The fourth-order valence-corrected chi connectivity index (χ4v) is 2.91. The van der Waals surface area contributed by atoms with Crippen LogP contribution in [-0.4, -0.2) is 5.91 Å². The summed E-state index contributed by atoms with van der Waals surface area (Å²) in [4.78, 5) is 12.3. The van der Waals surface area contributed by atoms with Gasteiger partial charge in [-0.25, -0.2) is 10.2 Å². The number of hydrazine groups is 1. The minimum Gasteiger partial charge on any atom is -0.290 e. The molecule has 2 aromatic rings. The maximum Gasteiger partial charge on any atom is 0.265 e. The van der Waals surface area contributed by atoms with E-state index >= 15 is 0 Å². The molecule has 0 saturated carbocycles. The van der Waals surface area contributed by atoms with Crippen LogP contribution in [0.3, 0.4) is 0 Å². The third-order valence-electron chi connectivity index (χ3n) is 2.72. The van der Waals surface area contributed by atoms with Gasteiger partial charge in [-0.3, -0.25) is 10.2 Å². The summed E-state index contributed by atoms with van der Waals surface area (Å²) in [5.74, 6) is 4.58. The topological polar surface area (TPSA) is 55.1 Å². The average Bonchev–Trinajstić information content (AvgIpc) is 2.49. The molecule has 0 heterocycles. The van der Waals surface area contributed by atoms with E-state index in [-0.39, 0.29) is 5.82 Å². The van der Waals surface area contributed by atoms with Crippen LogP contribution in [0.5, 0.6) is 0 Å². The SMILES string of the molecule is NNC(=O)c1ccc(F)c(CSc2ccc(Cl)c(Cl)c2)c1. The van der Waals surface area contributed by atoms with Gasteiger partial charge in [0.2, 0.25) is 0 Å². The number of nitrogen functional groups attached to an aromatic ring is 1. The summed E-state index contributed by atoms with van der Waals surface area (Å²) in [7, 11) is 0. The van der Waals surface area contributed by atoms with Gasteiger partial charge in [-0.1, -0.05) is 23.2 Å². The van der Waals surface area contributed by atoms with E-state index in [9.17, 15) is 9.18 Å². The molecule has 0 aliphatic carbocycles. The van der Waals surface area contributed by atoms with Crippen molar-refractivity contribution in [1.29, 1.82) is 0 Å². The number of benzene rings is 2. The number of nitrogens with one attached hydrogen (secondary N) is 1. The van der Waals surface area contributed by atoms with Crippen molar-refractivity contribution < 1.29 is 9.18 Å². The fraction of sp³-hybridized carbons (Fsp3) is 0.0714. The summed E-state index contributed by atoms with van der Waals surface area (Å²) >= 11 is 13.2. The molecule has 2 rings (SSSR count). The predicted molar refractivity (Wildman–Crippen MR) is 84.1 cm³/mol. The molecule has 0 unspecified atom stereocenters. The number of amides is 1. The molecule has 0 atom stereocenters. The number of hydrogen-bond acceptors (Lipinski definition) is 3. The highest BCUT2D eigenvalue weighted by Gasteiger charge is 2.09. The fourth-order valence-electron chi connectivity index (χ4n) is 1.64. The second-order valence-electron chi connectivity index (χ2n) is 4.14. The van der Waals surface area contributed by atoms with Gasteiger partial charge >= 0.3 is 0 Å². The Kier molecular flexibility index (Phi) is 5.47. The summed E-state index contributed by atoms with van der Waals surface area (Å²) in [6.07, 6.45) is 0. The number of carbonyl (C=O) groups excluding carboxylic acids is 1. The molecule has 3 N–H and O–H groups in total. The van der Waals surface area contributed by atoms with Crippen molar-refractivity contribution in [3.05, 3.63) is 63.4 Å². The molecule has 3 nitrogen and oxygen atoms in total. The second-order valence-corrected chi connectivity index (χ2v) is 6.01. The van der Waals surface area contributed by atoms with E-state index < -0.39 is 5.91 Å². The maximum absolute atomic E-state index is 13.8. The van der Waals surface area contributed by atoms with E-state index in [2.05, 4.69) is 0 Å². The first-order valence-corrected chi connectivity index (χ1v) is 7.62. The Labute approximate surface area is 135 Å². The number of halogens is 3. The third kappa shape index (κ3) is 4.11. The highest BCUT2D eigenvalue weighted by molar-refractivity contribution is 7.98. The van der Waals surface area contributed by atoms with E-state index in [0.29, 0.717) is 26.9 Å². The highest BCUT2D eigenvalue weighted by Crippen LogP contribution is 2.30. The highest BCUT2D eigenvalue weighted by atomic mass is 35.5. The molecular weight excluding hydrogens is 334 g/mol. The monoisotopic (exact) mass is 344 g/mol. The minimum atomic E-state index is -0.462. The lowest BCUT2D eigenvalue weighted by atomic mass is 10.1. The van der Waals surface area contributed by atoms with Crippen LogP contribution in [0, 0.1) is 5.82 Å². The van der Waals surface area contributed by atoms with Crippen LogP contribution in [0.4, 0.5) is 4.39 Å². The number of thioether (sulfide) groups is 1. The molecule has 1 amide bonds. The molecule has 0 aromatic heterocycles. The van der Waals surface area contributed by atoms with Gasteiger partial charge in [0.15, 0.2) is 0 Å². The molecule has 7 heteroatoms. The van der Waals surface area contributed by atoms with E-state index in [4.69, 9.17) is 29.0 Å². The second kappa shape index (κ2) is 7.13. The molecule has 0 radical (unpaired) electrons. The van der Waals surface area contributed by atoms with Crippen LogP contribution in [-0.2, 0) is 5.75 Å². The first kappa shape index (κ1) is 16.1. The zero-order valence-electron chi connectivity index (χ0n) is 10.7. The standard InChI is InChI=1S/C14H11Cl2FN2OS/c15-11-3-2-10(6-12(11)16)21-7-9-5-8(14(20)19-18)1-4-13(9)17/h1-6H,7,18H2,(H,19,20). The van der Waals surface area contributed by atoms with E-state index in [1.165, 1.54) is 30.0 Å². The summed E-state index contributed by atoms with van der Waals surface area (Å²) < 4.78 is 13.8. The predicted octanol–water partition coefficient (Wildman–Crippen LogP) is 4.03. The van der Waals surface area contributed by atoms with Crippen molar-refractivity contribution in [2.24, 2.45) is 5.84 Å². The van der Waals surface area contributed by atoms with Gasteiger partial charge in [-0.05, 0) is 42.0 Å². The van der Waals surface area contributed by atoms with Crippen LogP contribution < -0.4 is 11.3 Å². The molecule has 21 heavy (non-hydrogen) atoms. The third-order valence-corrected chi connectivity index (χ3v) is 4.51. The Bertz CT molecular complexity index is 682. The first-order valence-electron chi connectivity index (χ1n) is 5.88. The summed E-state index contributed by atoms with van der Waals surface area (Å²) in [6, 6.07) is 9.29. The Morgan fingerprint density at radius 1 is 1.19 bits per heavy atom. The lowest BCUT2D eigenvalue weighted by molar-refractivity contribution is 0.0953. The Morgan fingerprint density at radius 2 is 1.95 bits per heavy atom. The average molecular weight is 345 g/mol. The molecule has 2 aromatic carbocycles. The molecule has 0 bridgehead atoms. The molecular formula is C14H11Cl2FN2OS. The molecule has 0 aliphatic rings. The molecule has 0 aliphatic heterocycles. The van der Waals surface area contributed by atoms with Crippen molar-refractivity contribution in [3.8, 4) is 0 Å². The van der Waals surface area contributed by atoms with Crippen molar-refractivity contribution >= 4 is 40.9 Å². The summed E-state index contributed by atoms with van der Waals surface area (Å²) in [6.45, 7) is 0. The summed E-state index contributed by atoms with van der Waals surface area (Å²) in [5, 5.41) is 0.909. The number of nitrogens with two attached hydrogens (primary N) is 1. The molecule has 0 spiro atoms. The number of hydrogen-bond donors (Lipinski definition) is 2. The molecule has 110 valence electrons.